The molecule has 0 radical (unpaired) electrons. The lowest BCUT2D eigenvalue weighted by Gasteiger charge is -2.29. The zero-order valence-electron chi connectivity index (χ0n) is 16.9. The van der Waals surface area contributed by atoms with Gasteiger partial charge < -0.3 is 24.5 Å². The maximum atomic E-state index is 12.5. The summed E-state index contributed by atoms with van der Waals surface area (Å²) in [7, 11) is -1.35. The minimum atomic E-state index is -1.35. The predicted octanol–water partition coefficient (Wildman–Crippen LogP) is 2.28. The van der Waals surface area contributed by atoms with Gasteiger partial charge in [0.2, 0.25) is 12.7 Å². The Morgan fingerprint density at radius 3 is 2.62 bits per heavy atom. The molecule has 2 N–H and O–H groups in total. The second-order valence-electron chi connectivity index (χ2n) is 7.78. The van der Waals surface area contributed by atoms with Crippen LogP contribution in [0.25, 0.3) is 0 Å². The van der Waals surface area contributed by atoms with E-state index in [4.69, 9.17) is 25.7 Å². The van der Waals surface area contributed by atoms with E-state index in [-0.39, 0.29) is 28.7 Å². The molecule has 1 aromatic rings. The van der Waals surface area contributed by atoms with Gasteiger partial charge in [-0.25, -0.2) is 4.79 Å². The van der Waals surface area contributed by atoms with E-state index in [9.17, 15) is 19.4 Å². The summed E-state index contributed by atoms with van der Waals surface area (Å²) in [6, 6.07) is 3.16. The topological polar surface area (TPSA) is 111 Å². The van der Waals surface area contributed by atoms with Crippen molar-refractivity contribution in [3.05, 3.63) is 28.3 Å². The fourth-order valence-corrected chi connectivity index (χ4v) is 2.91. The van der Waals surface area contributed by atoms with Crippen LogP contribution in [0, 0.1) is 5.41 Å². The Kier molecular flexibility index (Phi) is 7.54. The number of ether oxygens (including phenoxy) is 2. The number of carbonyl (C=O) groups excluding carboxylic acids is 3. The highest BCUT2D eigenvalue weighted by molar-refractivity contribution is 6.47. The van der Waals surface area contributed by atoms with Crippen LogP contribution >= 0.6 is 11.6 Å². The van der Waals surface area contributed by atoms with Gasteiger partial charge in [0.05, 0.1) is 16.4 Å². The second kappa shape index (κ2) is 9.50. The first-order valence-corrected chi connectivity index (χ1v) is 9.72. The van der Waals surface area contributed by atoms with E-state index in [0.29, 0.717) is 18.4 Å². The molecule has 1 amide bonds. The maximum absolute atomic E-state index is 12.5. The van der Waals surface area contributed by atoms with Gasteiger partial charge in [-0.1, -0.05) is 24.6 Å². The number of carbonyl (C=O) groups is 3. The summed E-state index contributed by atoms with van der Waals surface area (Å²) in [5, 5.41) is 13.0. The summed E-state index contributed by atoms with van der Waals surface area (Å²) in [6.45, 7) is 6.32. The third-order valence-corrected chi connectivity index (χ3v) is 4.55. The summed E-state index contributed by atoms with van der Waals surface area (Å²) in [5.74, 6) is -2.15. The quantitative estimate of drug-likeness (QED) is 0.408. The lowest BCUT2D eigenvalue weighted by atomic mass is 9.72. The molecule has 0 saturated heterocycles. The first kappa shape index (κ1) is 23.0. The van der Waals surface area contributed by atoms with Crippen LogP contribution in [0.1, 0.15) is 56.5 Å². The lowest BCUT2D eigenvalue weighted by Crippen LogP contribution is -2.53. The molecule has 1 heterocycles. The molecule has 0 fully saturated rings. The molecule has 158 valence electrons. The molecule has 1 aromatic carbocycles. The van der Waals surface area contributed by atoms with Crippen molar-refractivity contribution >= 4 is 36.6 Å². The number of hydrogen-bond acceptors (Lipinski definition) is 7. The van der Waals surface area contributed by atoms with Gasteiger partial charge in [0.15, 0.2) is 0 Å². The molecule has 1 atom stereocenters. The maximum Gasteiger partial charge on any atom is 0.547 e. The third-order valence-electron chi connectivity index (χ3n) is 4.23. The molecule has 0 aliphatic carbocycles. The van der Waals surface area contributed by atoms with Crippen molar-refractivity contribution in [3.63, 3.8) is 0 Å². The largest absolute Gasteiger partial charge is 0.547 e. The highest BCUT2D eigenvalue weighted by Gasteiger charge is 2.38. The van der Waals surface area contributed by atoms with Crippen molar-refractivity contribution in [2.45, 2.75) is 52.9 Å². The molecule has 0 bridgehead atoms. The highest BCUT2D eigenvalue weighted by atomic mass is 35.5. The van der Waals surface area contributed by atoms with E-state index in [2.05, 4.69) is 5.32 Å². The zero-order valence-corrected chi connectivity index (χ0v) is 17.7. The molecule has 8 nitrogen and oxygen atoms in total. The summed E-state index contributed by atoms with van der Waals surface area (Å²) in [5.41, 5.74) is -0.228. The molecule has 29 heavy (non-hydrogen) atoms. The second-order valence-corrected chi connectivity index (χ2v) is 8.19. The van der Waals surface area contributed by atoms with Crippen LogP contribution in [0.15, 0.2) is 12.1 Å². The summed E-state index contributed by atoms with van der Waals surface area (Å²) < 4.78 is 15.4. The van der Waals surface area contributed by atoms with Gasteiger partial charge in [-0.15, -0.1) is 0 Å². The first-order chi connectivity index (χ1) is 13.5. The molecule has 10 heteroatoms. The molecule has 1 aliphatic heterocycles. The fourth-order valence-electron chi connectivity index (χ4n) is 2.68. The third kappa shape index (κ3) is 5.87. The standard InChI is InChI=1S/C19H25BClNO7/c1-5-6-14(23)22-13-9-11-7-8-12(21)15(16(11)29-20(13)26)17(24)27-10-28-18(25)19(2,3)4/h7-8,13,26H,5-6,9-10H2,1-4H3,(H,22,23). The Hall–Kier alpha value is -2.26. The van der Waals surface area contributed by atoms with Gasteiger partial charge in [-0.3, -0.25) is 9.59 Å². The molecular formula is C19H25BClNO7. The van der Waals surface area contributed by atoms with E-state index in [1.807, 2.05) is 6.92 Å². The summed E-state index contributed by atoms with van der Waals surface area (Å²) >= 11 is 6.14. The number of fused-ring (bicyclic) bond motifs is 1. The van der Waals surface area contributed by atoms with E-state index in [1.54, 1.807) is 26.8 Å². The van der Waals surface area contributed by atoms with Gasteiger partial charge in [-0.05, 0) is 45.2 Å². The van der Waals surface area contributed by atoms with E-state index in [0.717, 1.165) is 0 Å². The van der Waals surface area contributed by atoms with Crippen molar-refractivity contribution < 1.29 is 33.5 Å². The Morgan fingerprint density at radius 2 is 2.00 bits per heavy atom. The van der Waals surface area contributed by atoms with Crippen molar-refractivity contribution in [2.24, 2.45) is 5.41 Å². The van der Waals surface area contributed by atoms with Crippen LogP contribution in [0.2, 0.25) is 5.02 Å². The van der Waals surface area contributed by atoms with Crippen LogP contribution in [0.3, 0.4) is 0 Å². The molecule has 1 unspecified atom stereocenters. The predicted molar refractivity (Wildman–Crippen MR) is 106 cm³/mol. The normalized spacial score (nSPS) is 15.8. The number of amides is 1. The average molecular weight is 426 g/mol. The van der Waals surface area contributed by atoms with Crippen LogP contribution in [0.5, 0.6) is 5.75 Å². The molecule has 1 aliphatic rings. The van der Waals surface area contributed by atoms with Crippen molar-refractivity contribution in [2.75, 3.05) is 6.79 Å². The van der Waals surface area contributed by atoms with E-state index in [1.165, 1.54) is 6.07 Å². The highest BCUT2D eigenvalue weighted by Crippen LogP contribution is 2.35. The van der Waals surface area contributed by atoms with Gasteiger partial charge >= 0.3 is 19.1 Å². The SMILES string of the molecule is CCCC(=O)NC1Cc2ccc(Cl)c(C(=O)OCOC(=O)C(C)(C)C)c2OB1O. The zero-order chi connectivity index (χ0) is 21.8. The molecule has 0 spiro atoms. The molecular weight excluding hydrogens is 400 g/mol. The Labute approximate surface area is 175 Å². The number of hydrogen-bond donors (Lipinski definition) is 2. The molecule has 2 rings (SSSR count). The average Bonchev–Trinajstić information content (AvgIpc) is 2.61. The molecule has 0 aromatic heterocycles. The Morgan fingerprint density at radius 1 is 1.31 bits per heavy atom. The van der Waals surface area contributed by atoms with Crippen LogP contribution in [-0.2, 0) is 25.5 Å². The van der Waals surface area contributed by atoms with Crippen molar-refractivity contribution in [3.8, 4) is 5.75 Å². The van der Waals surface area contributed by atoms with E-state index < -0.39 is 37.2 Å². The van der Waals surface area contributed by atoms with Crippen molar-refractivity contribution in [1.82, 2.24) is 5.32 Å². The number of halogens is 1. The van der Waals surface area contributed by atoms with E-state index >= 15 is 0 Å². The van der Waals surface area contributed by atoms with Gasteiger partial charge in [0, 0.05) is 6.42 Å². The summed E-state index contributed by atoms with van der Waals surface area (Å²) in [4.78, 5) is 36.1. The minimum Gasteiger partial charge on any atom is -0.534 e. The number of rotatable bonds is 6. The van der Waals surface area contributed by atoms with Crippen molar-refractivity contribution in [1.29, 1.82) is 0 Å². The van der Waals surface area contributed by atoms with Crippen LogP contribution in [-0.4, -0.2) is 42.7 Å². The number of nitrogens with one attached hydrogen (secondary N) is 1. The first-order valence-electron chi connectivity index (χ1n) is 9.34. The summed E-state index contributed by atoms with van der Waals surface area (Å²) in [6.07, 6.45) is 1.27. The van der Waals surface area contributed by atoms with Gasteiger partial charge in [-0.2, -0.15) is 0 Å². The Balaban J connectivity index is 2.12. The smallest absolute Gasteiger partial charge is 0.534 e. The van der Waals surface area contributed by atoms with Gasteiger partial charge in [0.25, 0.3) is 0 Å². The van der Waals surface area contributed by atoms with Gasteiger partial charge in [0.1, 0.15) is 11.3 Å². The van der Waals surface area contributed by atoms with Crippen LogP contribution in [0.4, 0.5) is 0 Å². The Bertz CT molecular complexity index is 793. The lowest BCUT2D eigenvalue weighted by molar-refractivity contribution is -0.161. The minimum absolute atomic E-state index is 0.0663. The number of benzene rings is 1. The fraction of sp³-hybridized carbons (Fsp3) is 0.526. The molecule has 0 saturated carbocycles. The van der Waals surface area contributed by atoms with Crippen LogP contribution < -0.4 is 9.97 Å². The monoisotopic (exact) mass is 425 g/mol. The number of esters is 2.